The molecule has 0 spiro atoms. The highest BCUT2D eigenvalue weighted by molar-refractivity contribution is 6.31. The Balaban J connectivity index is 1.99. The lowest BCUT2D eigenvalue weighted by atomic mass is 9.80. The maximum absolute atomic E-state index is 11.9. The molecule has 0 unspecified atom stereocenters. The Morgan fingerprint density at radius 1 is 1.65 bits per heavy atom. The summed E-state index contributed by atoms with van der Waals surface area (Å²) in [5.41, 5.74) is -0.149. The van der Waals surface area contributed by atoms with Crippen molar-refractivity contribution in [2.45, 2.75) is 38.3 Å². The number of nitrogens with zero attached hydrogens (tertiary/aromatic N) is 1. The maximum Gasteiger partial charge on any atom is 0.268 e. The highest BCUT2D eigenvalue weighted by Crippen LogP contribution is 2.30. The van der Waals surface area contributed by atoms with Gasteiger partial charge < -0.3 is 15.0 Å². The Bertz CT molecular complexity index is 424. The molecule has 1 heterocycles. The fraction of sp³-hybridized carbons (Fsp3) is 0.583. The van der Waals surface area contributed by atoms with E-state index in [4.69, 9.17) is 11.6 Å². The molecule has 2 rings (SSSR count). The van der Waals surface area contributed by atoms with Gasteiger partial charge in [-0.05, 0) is 32.3 Å². The van der Waals surface area contributed by atoms with Crippen LogP contribution in [0.1, 0.15) is 36.7 Å². The Kier molecular flexibility index (Phi) is 3.45. The minimum atomic E-state index is -0.691. The van der Waals surface area contributed by atoms with E-state index in [2.05, 4.69) is 5.32 Å². The number of aryl methyl sites for hydroxylation is 1. The van der Waals surface area contributed by atoms with Gasteiger partial charge in [-0.15, -0.1) is 0 Å². The van der Waals surface area contributed by atoms with Crippen molar-refractivity contribution < 1.29 is 9.90 Å². The SMILES string of the molecule is CCn1cc(Cl)cc1C(=O)NCC1(O)CCC1. The van der Waals surface area contributed by atoms with E-state index in [9.17, 15) is 9.90 Å². The standard InChI is InChI=1S/C12H17ClN2O2/c1-2-15-7-9(13)6-10(15)11(16)14-8-12(17)4-3-5-12/h6-7,17H,2-5,8H2,1H3,(H,14,16). The third kappa shape index (κ3) is 2.64. The first-order valence-electron chi connectivity index (χ1n) is 5.90. The first kappa shape index (κ1) is 12.5. The van der Waals surface area contributed by atoms with E-state index in [1.807, 2.05) is 6.92 Å². The summed E-state index contributed by atoms with van der Waals surface area (Å²) in [6.45, 7) is 2.96. The number of carbonyl (C=O) groups is 1. The van der Waals surface area contributed by atoms with Crippen LogP contribution in [0.5, 0.6) is 0 Å². The third-order valence-electron chi connectivity index (χ3n) is 3.30. The minimum absolute atomic E-state index is 0.181. The molecule has 17 heavy (non-hydrogen) atoms. The van der Waals surface area contributed by atoms with Crippen LogP contribution in [0.2, 0.25) is 5.02 Å². The van der Waals surface area contributed by atoms with Crippen LogP contribution in [-0.4, -0.2) is 27.7 Å². The summed E-state index contributed by atoms with van der Waals surface area (Å²) in [5, 5.41) is 13.2. The van der Waals surface area contributed by atoms with Gasteiger partial charge in [-0.25, -0.2) is 0 Å². The third-order valence-corrected chi connectivity index (χ3v) is 3.51. The first-order chi connectivity index (χ1) is 8.04. The number of carbonyl (C=O) groups excluding carboxylic acids is 1. The van der Waals surface area contributed by atoms with E-state index in [0.29, 0.717) is 23.8 Å². The quantitative estimate of drug-likeness (QED) is 0.863. The van der Waals surface area contributed by atoms with Crippen LogP contribution in [0.25, 0.3) is 0 Å². The highest BCUT2D eigenvalue weighted by atomic mass is 35.5. The second kappa shape index (κ2) is 4.70. The Morgan fingerprint density at radius 2 is 2.35 bits per heavy atom. The Labute approximate surface area is 106 Å². The number of aromatic nitrogens is 1. The van der Waals surface area contributed by atoms with Gasteiger partial charge in [0.1, 0.15) is 5.69 Å². The van der Waals surface area contributed by atoms with Gasteiger partial charge in [0.05, 0.1) is 10.6 Å². The van der Waals surface area contributed by atoms with Crippen LogP contribution in [-0.2, 0) is 6.54 Å². The summed E-state index contributed by atoms with van der Waals surface area (Å²) in [4.78, 5) is 11.9. The molecule has 0 aliphatic heterocycles. The van der Waals surface area contributed by atoms with Crippen molar-refractivity contribution >= 4 is 17.5 Å². The molecule has 0 aromatic carbocycles. The Morgan fingerprint density at radius 3 is 2.88 bits per heavy atom. The summed E-state index contributed by atoms with van der Waals surface area (Å²) in [6, 6.07) is 1.64. The topological polar surface area (TPSA) is 54.3 Å². The number of hydrogen-bond donors (Lipinski definition) is 2. The van der Waals surface area contributed by atoms with Crippen molar-refractivity contribution in [3.63, 3.8) is 0 Å². The van der Waals surface area contributed by atoms with Crippen molar-refractivity contribution in [3.8, 4) is 0 Å². The lowest BCUT2D eigenvalue weighted by Gasteiger charge is -2.36. The molecular formula is C12H17ClN2O2. The van der Waals surface area contributed by atoms with E-state index >= 15 is 0 Å². The number of nitrogens with one attached hydrogen (secondary N) is 1. The second-order valence-corrected chi connectivity index (χ2v) is 5.03. The number of halogens is 1. The largest absolute Gasteiger partial charge is 0.388 e. The number of rotatable bonds is 4. The van der Waals surface area contributed by atoms with Gasteiger partial charge in [0.25, 0.3) is 5.91 Å². The number of amides is 1. The van der Waals surface area contributed by atoms with E-state index in [1.165, 1.54) is 0 Å². The molecule has 1 saturated carbocycles. The molecule has 0 atom stereocenters. The van der Waals surface area contributed by atoms with Crippen LogP contribution < -0.4 is 5.32 Å². The molecule has 1 aliphatic rings. The van der Waals surface area contributed by atoms with Crippen molar-refractivity contribution in [2.24, 2.45) is 0 Å². The second-order valence-electron chi connectivity index (χ2n) is 4.59. The fourth-order valence-corrected chi connectivity index (χ4v) is 2.24. The molecule has 2 N–H and O–H groups in total. The van der Waals surface area contributed by atoms with E-state index in [-0.39, 0.29) is 5.91 Å². The molecule has 1 amide bonds. The zero-order valence-electron chi connectivity index (χ0n) is 9.87. The monoisotopic (exact) mass is 256 g/mol. The smallest absolute Gasteiger partial charge is 0.268 e. The minimum Gasteiger partial charge on any atom is -0.388 e. The molecule has 0 bridgehead atoms. The van der Waals surface area contributed by atoms with Crippen LogP contribution >= 0.6 is 11.6 Å². The molecule has 1 aromatic rings. The number of hydrogen-bond acceptors (Lipinski definition) is 2. The maximum atomic E-state index is 11.9. The highest BCUT2D eigenvalue weighted by Gasteiger charge is 2.34. The average Bonchev–Trinajstić information content (AvgIpc) is 2.64. The van der Waals surface area contributed by atoms with Crippen molar-refractivity contribution in [3.05, 3.63) is 23.0 Å². The lowest BCUT2D eigenvalue weighted by molar-refractivity contribution is -0.0301. The molecule has 1 aromatic heterocycles. The van der Waals surface area contributed by atoms with E-state index in [0.717, 1.165) is 19.3 Å². The summed E-state index contributed by atoms with van der Waals surface area (Å²) in [6.07, 6.45) is 4.30. The van der Waals surface area contributed by atoms with Crippen molar-refractivity contribution in [1.82, 2.24) is 9.88 Å². The van der Waals surface area contributed by atoms with Gasteiger partial charge in [0, 0.05) is 19.3 Å². The first-order valence-corrected chi connectivity index (χ1v) is 6.28. The molecular weight excluding hydrogens is 240 g/mol. The summed E-state index contributed by atoms with van der Waals surface area (Å²) in [7, 11) is 0. The van der Waals surface area contributed by atoms with Crippen molar-refractivity contribution in [1.29, 1.82) is 0 Å². The van der Waals surface area contributed by atoms with Crippen LogP contribution in [0.15, 0.2) is 12.3 Å². The van der Waals surface area contributed by atoms with Gasteiger partial charge >= 0.3 is 0 Å². The predicted molar refractivity (Wildman–Crippen MR) is 66.3 cm³/mol. The molecule has 5 heteroatoms. The Hall–Kier alpha value is -1.00. The molecule has 94 valence electrons. The van der Waals surface area contributed by atoms with Gasteiger partial charge in [-0.1, -0.05) is 11.6 Å². The zero-order chi connectivity index (χ0) is 12.5. The predicted octanol–water partition coefficient (Wildman–Crippen LogP) is 1.81. The zero-order valence-corrected chi connectivity index (χ0v) is 10.6. The number of aliphatic hydroxyl groups is 1. The fourth-order valence-electron chi connectivity index (χ4n) is 2.02. The molecule has 1 fully saturated rings. The van der Waals surface area contributed by atoms with Crippen molar-refractivity contribution in [2.75, 3.05) is 6.54 Å². The van der Waals surface area contributed by atoms with Gasteiger partial charge in [0.2, 0.25) is 0 Å². The van der Waals surface area contributed by atoms with Crippen LogP contribution in [0, 0.1) is 0 Å². The van der Waals surface area contributed by atoms with Gasteiger partial charge in [-0.2, -0.15) is 0 Å². The molecule has 4 nitrogen and oxygen atoms in total. The van der Waals surface area contributed by atoms with Gasteiger partial charge in [-0.3, -0.25) is 4.79 Å². The normalized spacial score (nSPS) is 17.6. The van der Waals surface area contributed by atoms with E-state index in [1.54, 1.807) is 16.8 Å². The average molecular weight is 257 g/mol. The lowest BCUT2D eigenvalue weighted by Crippen LogP contribution is -2.48. The van der Waals surface area contributed by atoms with Gasteiger partial charge in [0.15, 0.2) is 0 Å². The molecule has 0 radical (unpaired) electrons. The molecule has 1 aliphatic carbocycles. The summed E-state index contributed by atoms with van der Waals surface area (Å²) >= 11 is 5.87. The molecule has 0 saturated heterocycles. The summed E-state index contributed by atoms with van der Waals surface area (Å²) < 4.78 is 1.79. The summed E-state index contributed by atoms with van der Waals surface area (Å²) in [5.74, 6) is -0.181. The van der Waals surface area contributed by atoms with E-state index < -0.39 is 5.60 Å². The van der Waals surface area contributed by atoms with Crippen LogP contribution in [0.4, 0.5) is 0 Å². The van der Waals surface area contributed by atoms with Crippen LogP contribution in [0.3, 0.4) is 0 Å².